The number of aliphatic hydroxyl groups excluding tert-OH is 2. The summed E-state index contributed by atoms with van der Waals surface area (Å²) in [5.41, 5.74) is 0. The topological polar surface area (TPSA) is 69.6 Å². The van der Waals surface area contributed by atoms with Gasteiger partial charge in [0.25, 0.3) is 0 Å². The van der Waals surface area contributed by atoms with Crippen molar-refractivity contribution in [2.75, 3.05) is 6.61 Å². The lowest BCUT2D eigenvalue weighted by Crippen LogP contribution is -2.45. The van der Waals surface area contributed by atoms with E-state index in [1.54, 1.807) is 6.08 Å². The van der Waals surface area contributed by atoms with E-state index in [1.807, 2.05) is 6.08 Å². The highest BCUT2D eigenvalue weighted by molar-refractivity contribution is 5.76. The van der Waals surface area contributed by atoms with Crippen LogP contribution in [-0.2, 0) is 4.79 Å². The molecule has 0 spiro atoms. The minimum absolute atomic E-state index is 0.0664. The number of allylic oxidation sites excluding steroid dienone is 5. The molecule has 0 radical (unpaired) electrons. The van der Waals surface area contributed by atoms with Crippen LogP contribution in [0.4, 0.5) is 0 Å². The van der Waals surface area contributed by atoms with Gasteiger partial charge >= 0.3 is 0 Å². The first kappa shape index (κ1) is 68.6. The van der Waals surface area contributed by atoms with E-state index in [4.69, 9.17) is 0 Å². The largest absolute Gasteiger partial charge is 0.394 e. The third-order valence-electron chi connectivity index (χ3n) is 15.1. The Labute approximate surface area is 440 Å². The highest BCUT2D eigenvalue weighted by Crippen LogP contribution is 2.18. The number of hydrogen-bond acceptors (Lipinski definition) is 3. The van der Waals surface area contributed by atoms with Crippen molar-refractivity contribution in [3.05, 3.63) is 36.5 Å². The molecule has 0 aromatic carbocycles. The van der Waals surface area contributed by atoms with Gasteiger partial charge < -0.3 is 15.5 Å². The average molecular weight is 983 g/mol. The molecule has 0 fully saturated rings. The first-order valence-electron chi connectivity index (χ1n) is 32.2. The third-order valence-corrected chi connectivity index (χ3v) is 15.1. The summed E-state index contributed by atoms with van der Waals surface area (Å²) in [7, 11) is 0. The van der Waals surface area contributed by atoms with Crippen molar-refractivity contribution in [2.24, 2.45) is 0 Å². The predicted molar refractivity (Wildman–Crippen MR) is 313 cm³/mol. The zero-order valence-corrected chi connectivity index (χ0v) is 47.8. The molecule has 0 saturated carbocycles. The maximum absolute atomic E-state index is 12.5. The Morgan fingerprint density at radius 2 is 0.557 bits per heavy atom. The number of nitrogens with one attached hydrogen (secondary N) is 1. The van der Waals surface area contributed by atoms with Crippen molar-refractivity contribution in [2.45, 2.75) is 373 Å². The Bertz CT molecular complexity index is 1070. The zero-order chi connectivity index (χ0) is 50.6. The van der Waals surface area contributed by atoms with Crippen LogP contribution in [0.3, 0.4) is 0 Å². The van der Waals surface area contributed by atoms with E-state index < -0.39 is 12.1 Å². The summed E-state index contributed by atoms with van der Waals surface area (Å²) < 4.78 is 0. The fourth-order valence-electron chi connectivity index (χ4n) is 10.2. The number of aliphatic hydroxyl groups is 2. The lowest BCUT2D eigenvalue weighted by Gasteiger charge is -2.19. The van der Waals surface area contributed by atoms with Gasteiger partial charge in [-0.15, -0.1) is 0 Å². The van der Waals surface area contributed by atoms with Gasteiger partial charge in [-0.1, -0.05) is 333 Å². The molecule has 0 aliphatic rings. The van der Waals surface area contributed by atoms with Crippen molar-refractivity contribution >= 4 is 5.91 Å². The van der Waals surface area contributed by atoms with Gasteiger partial charge in [0.1, 0.15) is 0 Å². The minimum Gasteiger partial charge on any atom is -0.394 e. The predicted octanol–water partition coefficient (Wildman–Crippen LogP) is 21.6. The van der Waals surface area contributed by atoms with E-state index in [-0.39, 0.29) is 12.5 Å². The molecular formula is C66H127NO3. The van der Waals surface area contributed by atoms with Crippen LogP contribution in [0.25, 0.3) is 0 Å². The maximum atomic E-state index is 12.5. The van der Waals surface area contributed by atoms with Crippen molar-refractivity contribution < 1.29 is 15.0 Å². The van der Waals surface area contributed by atoms with Crippen LogP contribution < -0.4 is 5.32 Å². The lowest BCUT2D eigenvalue weighted by molar-refractivity contribution is -0.123. The Morgan fingerprint density at radius 3 is 0.829 bits per heavy atom. The molecule has 0 saturated heterocycles. The molecule has 2 unspecified atom stereocenters. The summed E-state index contributed by atoms with van der Waals surface area (Å²) in [4.78, 5) is 12.5. The standard InChI is InChI=1S/C66H127NO3/c1-3-5-7-9-11-13-15-17-19-21-23-25-26-27-28-29-30-31-32-33-34-35-36-37-38-39-40-42-44-46-48-50-52-54-56-58-60-62-66(70)67-64(63-68)65(69)61-59-57-55-53-51-49-47-45-43-41-24-22-20-18-16-14-12-10-8-6-4-2/h21,23,51,53,59,61,64-65,68-69H,3-20,22,24-50,52,54-58,60,62-63H2,1-2H3,(H,67,70)/b23-21-,53-51+,61-59+. The number of hydrogen-bond donors (Lipinski definition) is 3. The molecule has 3 N–H and O–H groups in total. The van der Waals surface area contributed by atoms with E-state index in [0.29, 0.717) is 6.42 Å². The normalized spacial score (nSPS) is 12.9. The molecule has 0 aliphatic carbocycles. The highest BCUT2D eigenvalue weighted by Gasteiger charge is 2.18. The molecule has 4 heteroatoms. The Morgan fingerprint density at radius 1 is 0.329 bits per heavy atom. The molecule has 2 atom stereocenters. The molecule has 0 rings (SSSR count). The van der Waals surface area contributed by atoms with Gasteiger partial charge in [0.05, 0.1) is 18.8 Å². The second-order valence-electron chi connectivity index (χ2n) is 22.2. The second kappa shape index (κ2) is 61.9. The number of rotatable bonds is 60. The number of carbonyl (C=O) groups excluding carboxylic acids is 1. The molecule has 4 nitrogen and oxygen atoms in total. The van der Waals surface area contributed by atoms with E-state index in [1.165, 1.54) is 308 Å². The molecular weight excluding hydrogens is 855 g/mol. The van der Waals surface area contributed by atoms with Crippen molar-refractivity contribution in [1.82, 2.24) is 5.32 Å². The van der Waals surface area contributed by atoms with Crippen LogP contribution in [-0.4, -0.2) is 34.9 Å². The molecule has 70 heavy (non-hydrogen) atoms. The summed E-state index contributed by atoms with van der Waals surface area (Å²) in [5, 5.41) is 23.2. The summed E-state index contributed by atoms with van der Waals surface area (Å²) in [6.07, 6.45) is 85.0. The quantitative estimate of drug-likeness (QED) is 0.0420. The molecule has 0 bridgehead atoms. The number of unbranched alkanes of at least 4 members (excludes halogenated alkanes) is 49. The SMILES string of the molecule is CCCCCCCCCC/C=C\CCCCCCCCCCCCCCCCCCCCCCCCCCCC(=O)NC(CO)C(O)/C=C/CC/C=C/CCCCCCCCCCCCCCCCC. The van der Waals surface area contributed by atoms with Gasteiger partial charge in [0, 0.05) is 6.42 Å². The second-order valence-corrected chi connectivity index (χ2v) is 22.2. The van der Waals surface area contributed by atoms with Crippen LogP contribution in [0.5, 0.6) is 0 Å². The zero-order valence-electron chi connectivity index (χ0n) is 47.8. The van der Waals surface area contributed by atoms with Crippen LogP contribution in [0.15, 0.2) is 36.5 Å². The van der Waals surface area contributed by atoms with Gasteiger partial charge in [0.2, 0.25) is 5.91 Å². The van der Waals surface area contributed by atoms with Gasteiger partial charge in [-0.25, -0.2) is 0 Å². The Kier molecular flexibility index (Phi) is 60.7. The fourth-order valence-corrected chi connectivity index (χ4v) is 10.2. The number of amides is 1. The smallest absolute Gasteiger partial charge is 0.220 e. The van der Waals surface area contributed by atoms with Gasteiger partial charge in [-0.3, -0.25) is 4.79 Å². The van der Waals surface area contributed by atoms with Gasteiger partial charge in [-0.05, 0) is 57.8 Å². The first-order chi connectivity index (χ1) is 34.7. The summed E-state index contributed by atoms with van der Waals surface area (Å²) in [5.74, 6) is -0.0664. The van der Waals surface area contributed by atoms with E-state index >= 15 is 0 Å². The molecule has 1 amide bonds. The van der Waals surface area contributed by atoms with E-state index in [0.717, 1.165) is 32.1 Å². The molecule has 0 aromatic heterocycles. The molecule has 0 aliphatic heterocycles. The van der Waals surface area contributed by atoms with E-state index in [2.05, 4.69) is 43.5 Å². The van der Waals surface area contributed by atoms with Crippen LogP contribution in [0.2, 0.25) is 0 Å². The fraction of sp³-hybridized carbons (Fsp3) is 0.894. The highest BCUT2D eigenvalue weighted by atomic mass is 16.3. The molecule has 0 heterocycles. The monoisotopic (exact) mass is 982 g/mol. The van der Waals surface area contributed by atoms with Crippen LogP contribution in [0.1, 0.15) is 361 Å². The van der Waals surface area contributed by atoms with Crippen molar-refractivity contribution in [3.8, 4) is 0 Å². The van der Waals surface area contributed by atoms with Crippen LogP contribution >= 0.6 is 0 Å². The van der Waals surface area contributed by atoms with Crippen molar-refractivity contribution in [1.29, 1.82) is 0 Å². The van der Waals surface area contributed by atoms with E-state index in [9.17, 15) is 15.0 Å². The Balaban J connectivity index is 3.42. The third kappa shape index (κ3) is 57.5. The van der Waals surface area contributed by atoms with Gasteiger partial charge in [0.15, 0.2) is 0 Å². The summed E-state index contributed by atoms with van der Waals surface area (Å²) in [6, 6.07) is -0.638. The number of carbonyl (C=O) groups is 1. The van der Waals surface area contributed by atoms with Gasteiger partial charge in [-0.2, -0.15) is 0 Å². The lowest BCUT2D eigenvalue weighted by atomic mass is 10.0. The Hall–Kier alpha value is -1.39. The van der Waals surface area contributed by atoms with Crippen LogP contribution in [0, 0.1) is 0 Å². The van der Waals surface area contributed by atoms with Crippen molar-refractivity contribution in [3.63, 3.8) is 0 Å². The minimum atomic E-state index is -0.861. The first-order valence-corrected chi connectivity index (χ1v) is 32.2. The molecule has 414 valence electrons. The summed E-state index contributed by atoms with van der Waals surface area (Å²) in [6.45, 7) is 4.34. The molecule has 0 aromatic rings. The average Bonchev–Trinajstić information content (AvgIpc) is 3.36. The maximum Gasteiger partial charge on any atom is 0.220 e. The summed E-state index contributed by atoms with van der Waals surface area (Å²) >= 11 is 0.